The molecule has 1 aromatic carbocycles. The van der Waals surface area contributed by atoms with Gasteiger partial charge in [0.1, 0.15) is 12.4 Å². The molecule has 0 amide bonds. The molecule has 0 fully saturated rings. The van der Waals surface area contributed by atoms with Gasteiger partial charge in [0.2, 0.25) is 0 Å². The standard InChI is InChI=1S/C18H25N3O2S/c1-14-5-6-15(17(12-14)23-10-9-22-2)13-21-18(19)20-8-7-16-4-3-11-24-16/h3-6,11-12H,7-10,13H2,1-2H3,(H3,19,20,21). The lowest BCUT2D eigenvalue weighted by molar-refractivity contribution is 0.146. The van der Waals surface area contributed by atoms with Crippen LogP contribution in [0.1, 0.15) is 16.0 Å². The fourth-order valence-electron chi connectivity index (χ4n) is 2.16. The van der Waals surface area contributed by atoms with Crippen molar-refractivity contribution in [2.75, 3.05) is 26.9 Å². The number of nitrogens with one attached hydrogen (secondary N) is 1. The minimum Gasteiger partial charge on any atom is -0.491 e. The average Bonchev–Trinajstić information content (AvgIpc) is 3.08. The molecule has 0 radical (unpaired) electrons. The number of guanidine groups is 1. The molecule has 0 bridgehead atoms. The van der Waals surface area contributed by atoms with Crippen LogP contribution in [0.3, 0.4) is 0 Å². The van der Waals surface area contributed by atoms with E-state index < -0.39 is 0 Å². The van der Waals surface area contributed by atoms with Gasteiger partial charge < -0.3 is 20.5 Å². The average molecular weight is 347 g/mol. The maximum absolute atomic E-state index is 5.94. The summed E-state index contributed by atoms with van der Waals surface area (Å²) in [5.74, 6) is 1.29. The molecule has 1 heterocycles. The van der Waals surface area contributed by atoms with Crippen LogP contribution in [-0.4, -0.2) is 32.8 Å². The lowest BCUT2D eigenvalue weighted by Crippen LogP contribution is -2.33. The zero-order chi connectivity index (χ0) is 17.2. The van der Waals surface area contributed by atoms with Gasteiger partial charge in [-0.3, -0.25) is 0 Å². The Hall–Kier alpha value is -2.05. The van der Waals surface area contributed by atoms with Crippen molar-refractivity contribution in [1.29, 1.82) is 0 Å². The molecule has 6 heteroatoms. The van der Waals surface area contributed by atoms with E-state index in [1.807, 2.05) is 19.1 Å². The molecule has 3 N–H and O–H groups in total. The van der Waals surface area contributed by atoms with E-state index in [1.165, 1.54) is 4.88 Å². The van der Waals surface area contributed by atoms with Crippen LogP contribution in [0.15, 0.2) is 40.7 Å². The number of hydrogen-bond acceptors (Lipinski definition) is 4. The number of nitrogens with zero attached hydrogens (tertiary/aromatic N) is 1. The molecule has 130 valence electrons. The Bertz CT molecular complexity index is 642. The van der Waals surface area contributed by atoms with E-state index in [0.717, 1.165) is 29.8 Å². The van der Waals surface area contributed by atoms with Crippen LogP contribution in [0.5, 0.6) is 5.75 Å². The molecule has 0 atom stereocenters. The van der Waals surface area contributed by atoms with Crippen LogP contribution in [0.2, 0.25) is 0 Å². The summed E-state index contributed by atoms with van der Waals surface area (Å²) in [6, 6.07) is 10.3. The van der Waals surface area contributed by atoms with Crippen LogP contribution < -0.4 is 15.8 Å². The molecule has 2 rings (SSSR count). The van der Waals surface area contributed by atoms with E-state index in [-0.39, 0.29) is 0 Å². The van der Waals surface area contributed by atoms with Gasteiger partial charge in [0.25, 0.3) is 0 Å². The van der Waals surface area contributed by atoms with Crippen molar-refractivity contribution >= 4 is 17.3 Å². The molecule has 0 unspecified atom stereocenters. The second-order valence-electron chi connectivity index (χ2n) is 5.41. The van der Waals surface area contributed by atoms with Crippen molar-refractivity contribution < 1.29 is 9.47 Å². The smallest absolute Gasteiger partial charge is 0.188 e. The van der Waals surface area contributed by atoms with Gasteiger partial charge in [-0.2, -0.15) is 0 Å². The van der Waals surface area contributed by atoms with Gasteiger partial charge in [0.05, 0.1) is 13.2 Å². The highest BCUT2D eigenvalue weighted by Gasteiger charge is 2.04. The summed E-state index contributed by atoms with van der Waals surface area (Å²) in [7, 11) is 1.66. The molecular formula is C18H25N3O2S. The summed E-state index contributed by atoms with van der Waals surface area (Å²) in [4.78, 5) is 5.74. The Labute approximate surface area is 147 Å². The first-order valence-corrected chi connectivity index (χ1v) is 8.84. The number of aryl methyl sites for hydroxylation is 1. The minimum atomic E-state index is 0.454. The summed E-state index contributed by atoms with van der Waals surface area (Å²) in [5, 5.41) is 5.23. The first-order chi connectivity index (χ1) is 11.7. The second kappa shape index (κ2) is 9.95. The number of nitrogens with two attached hydrogens (primary N) is 1. The Kier molecular flexibility index (Phi) is 7.58. The van der Waals surface area contributed by atoms with E-state index in [2.05, 4.69) is 33.9 Å². The number of methoxy groups -OCH3 is 1. The summed E-state index contributed by atoms with van der Waals surface area (Å²) in [6.07, 6.45) is 0.948. The van der Waals surface area contributed by atoms with Gasteiger partial charge in [-0.15, -0.1) is 11.3 Å². The fourth-order valence-corrected chi connectivity index (χ4v) is 2.87. The Morgan fingerprint density at radius 2 is 2.17 bits per heavy atom. The van der Waals surface area contributed by atoms with Crippen LogP contribution in [-0.2, 0) is 17.7 Å². The zero-order valence-corrected chi connectivity index (χ0v) is 15.1. The summed E-state index contributed by atoms with van der Waals surface area (Å²) in [6.45, 7) is 4.38. The van der Waals surface area contributed by atoms with Gasteiger partial charge in [-0.25, -0.2) is 4.99 Å². The molecule has 24 heavy (non-hydrogen) atoms. The van der Waals surface area contributed by atoms with E-state index in [9.17, 15) is 0 Å². The topological polar surface area (TPSA) is 68.9 Å². The van der Waals surface area contributed by atoms with Crippen molar-refractivity contribution in [2.24, 2.45) is 10.7 Å². The first kappa shape index (κ1) is 18.3. The number of hydrogen-bond donors (Lipinski definition) is 2. The first-order valence-electron chi connectivity index (χ1n) is 7.96. The zero-order valence-electron chi connectivity index (χ0n) is 14.2. The predicted molar refractivity (Wildman–Crippen MR) is 99.9 cm³/mol. The van der Waals surface area contributed by atoms with Crippen molar-refractivity contribution in [3.05, 3.63) is 51.7 Å². The maximum atomic E-state index is 5.94. The van der Waals surface area contributed by atoms with E-state index in [0.29, 0.717) is 25.7 Å². The Morgan fingerprint density at radius 1 is 1.29 bits per heavy atom. The molecule has 0 aliphatic heterocycles. The van der Waals surface area contributed by atoms with Crippen molar-refractivity contribution in [3.8, 4) is 5.75 Å². The fraction of sp³-hybridized carbons (Fsp3) is 0.389. The number of thiophene rings is 1. The maximum Gasteiger partial charge on any atom is 0.188 e. The van der Waals surface area contributed by atoms with Gasteiger partial charge >= 0.3 is 0 Å². The molecule has 0 saturated heterocycles. The number of ether oxygens (including phenoxy) is 2. The quantitative estimate of drug-likeness (QED) is 0.416. The summed E-state index contributed by atoms with van der Waals surface area (Å²) < 4.78 is 10.8. The van der Waals surface area contributed by atoms with E-state index >= 15 is 0 Å². The predicted octanol–water partition coefficient (Wildman–Crippen LogP) is 2.73. The highest BCUT2D eigenvalue weighted by atomic mass is 32.1. The molecular weight excluding hydrogens is 322 g/mol. The van der Waals surface area contributed by atoms with Crippen LogP contribution in [0.25, 0.3) is 0 Å². The SMILES string of the molecule is COCCOc1cc(C)ccc1CN=C(N)NCCc1cccs1. The molecule has 0 aliphatic carbocycles. The minimum absolute atomic E-state index is 0.454. The molecule has 2 aromatic rings. The third-order valence-electron chi connectivity index (χ3n) is 3.45. The largest absolute Gasteiger partial charge is 0.491 e. The molecule has 0 saturated carbocycles. The summed E-state index contributed by atoms with van der Waals surface area (Å²) in [5.41, 5.74) is 8.11. The van der Waals surface area contributed by atoms with Crippen molar-refractivity contribution in [2.45, 2.75) is 19.9 Å². The number of rotatable bonds is 9. The monoisotopic (exact) mass is 347 g/mol. The Balaban J connectivity index is 1.86. The van der Waals surface area contributed by atoms with E-state index in [1.54, 1.807) is 18.4 Å². The van der Waals surface area contributed by atoms with Gasteiger partial charge in [0.15, 0.2) is 5.96 Å². The van der Waals surface area contributed by atoms with Gasteiger partial charge in [-0.05, 0) is 36.4 Å². The second-order valence-corrected chi connectivity index (χ2v) is 6.44. The lowest BCUT2D eigenvalue weighted by Gasteiger charge is -2.11. The molecule has 0 spiro atoms. The molecule has 1 aromatic heterocycles. The molecule has 5 nitrogen and oxygen atoms in total. The third kappa shape index (κ3) is 6.22. The van der Waals surface area contributed by atoms with E-state index in [4.69, 9.17) is 15.2 Å². The van der Waals surface area contributed by atoms with Gasteiger partial charge in [0, 0.05) is 24.1 Å². The Morgan fingerprint density at radius 3 is 2.92 bits per heavy atom. The van der Waals surface area contributed by atoms with Crippen LogP contribution in [0.4, 0.5) is 0 Å². The van der Waals surface area contributed by atoms with Crippen LogP contribution in [0, 0.1) is 6.92 Å². The number of aliphatic imine (C=N–C) groups is 1. The number of benzene rings is 1. The van der Waals surface area contributed by atoms with Crippen molar-refractivity contribution in [1.82, 2.24) is 5.32 Å². The van der Waals surface area contributed by atoms with Gasteiger partial charge in [-0.1, -0.05) is 18.2 Å². The third-order valence-corrected chi connectivity index (χ3v) is 4.38. The highest BCUT2D eigenvalue weighted by Crippen LogP contribution is 2.21. The summed E-state index contributed by atoms with van der Waals surface area (Å²) >= 11 is 1.75. The highest BCUT2D eigenvalue weighted by molar-refractivity contribution is 7.09. The lowest BCUT2D eigenvalue weighted by atomic mass is 10.1. The molecule has 0 aliphatic rings. The van der Waals surface area contributed by atoms with Crippen molar-refractivity contribution in [3.63, 3.8) is 0 Å². The normalized spacial score (nSPS) is 11.5. The van der Waals surface area contributed by atoms with Crippen LogP contribution >= 0.6 is 11.3 Å².